The molecule has 1 aromatic carbocycles. The van der Waals surface area contributed by atoms with Crippen LogP contribution in [0.25, 0.3) is 0 Å². The van der Waals surface area contributed by atoms with Gasteiger partial charge >= 0.3 is 0 Å². The molecule has 0 bridgehead atoms. The molecule has 0 amide bonds. The van der Waals surface area contributed by atoms with Crippen LogP contribution in [-0.2, 0) is 6.54 Å². The number of hydrogen-bond acceptors (Lipinski definition) is 6. The van der Waals surface area contributed by atoms with Crippen LogP contribution in [0.15, 0.2) is 59.2 Å². The summed E-state index contributed by atoms with van der Waals surface area (Å²) < 4.78 is 18.7. The molecule has 1 fully saturated rings. The Morgan fingerprint density at radius 2 is 1.90 bits per heavy atom. The number of rotatable bonds is 5. The second kappa shape index (κ2) is 8.87. The Kier molecular flexibility index (Phi) is 5.85. The Balaban J connectivity index is 1.33. The van der Waals surface area contributed by atoms with Crippen LogP contribution in [0.5, 0.6) is 11.6 Å². The van der Waals surface area contributed by atoms with E-state index in [-0.39, 0.29) is 5.82 Å². The van der Waals surface area contributed by atoms with E-state index in [0.29, 0.717) is 24.1 Å². The van der Waals surface area contributed by atoms with Gasteiger partial charge in [-0.25, -0.2) is 19.4 Å². The zero-order valence-corrected chi connectivity index (χ0v) is 16.6. The molecule has 3 heterocycles. The van der Waals surface area contributed by atoms with Crippen molar-refractivity contribution in [2.45, 2.75) is 6.54 Å². The molecule has 0 spiro atoms. The Morgan fingerprint density at radius 3 is 2.62 bits per heavy atom. The van der Waals surface area contributed by atoms with Crippen molar-refractivity contribution in [2.24, 2.45) is 10.7 Å². The second-order valence-corrected chi connectivity index (χ2v) is 7.39. The van der Waals surface area contributed by atoms with Crippen LogP contribution < -0.4 is 15.4 Å². The predicted octanol–water partition coefficient (Wildman–Crippen LogP) is 3.11. The highest BCUT2D eigenvalue weighted by Gasteiger charge is 2.19. The first-order valence-electron chi connectivity index (χ1n) is 9.25. The number of thiazole rings is 1. The third-order valence-electron chi connectivity index (χ3n) is 4.55. The van der Waals surface area contributed by atoms with Crippen molar-refractivity contribution in [3.63, 3.8) is 0 Å². The molecule has 1 aliphatic heterocycles. The summed E-state index contributed by atoms with van der Waals surface area (Å²) in [7, 11) is 0. The number of piperazine rings is 1. The fourth-order valence-electron chi connectivity index (χ4n) is 3.00. The summed E-state index contributed by atoms with van der Waals surface area (Å²) in [5, 5.41) is 3.03. The van der Waals surface area contributed by atoms with Crippen molar-refractivity contribution in [3.05, 3.63) is 65.6 Å². The van der Waals surface area contributed by atoms with Gasteiger partial charge in [-0.1, -0.05) is 0 Å². The van der Waals surface area contributed by atoms with Gasteiger partial charge in [-0.05, 0) is 35.9 Å². The maximum absolute atomic E-state index is 13.0. The predicted molar refractivity (Wildman–Crippen MR) is 112 cm³/mol. The molecule has 3 aromatic rings. The summed E-state index contributed by atoms with van der Waals surface area (Å²) in [6.45, 7) is 3.79. The van der Waals surface area contributed by atoms with Gasteiger partial charge < -0.3 is 20.3 Å². The standard InChI is InChI=1S/C20H21FN6OS/c21-16-1-3-17(4-2-16)28-18-13-15(5-6-23-18)14-25-19(22)26-8-10-27(11-9-26)20-24-7-12-29-20/h1-7,12-13H,8-11,14H2,(H2,22,25). The van der Waals surface area contributed by atoms with Crippen molar-refractivity contribution in [3.8, 4) is 11.6 Å². The van der Waals surface area contributed by atoms with Gasteiger partial charge in [0.05, 0.1) is 6.54 Å². The van der Waals surface area contributed by atoms with Crippen LogP contribution in [0.3, 0.4) is 0 Å². The molecule has 29 heavy (non-hydrogen) atoms. The van der Waals surface area contributed by atoms with E-state index in [9.17, 15) is 4.39 Å². The van der Waals surface area contributed by atoms with E-state index in [1.165, 1.54) is 12.1 Å². The van der Waals surface area contributed by atoms with Crippen LogP contribution in [0, 0.1) is 5.82 Å². The number of aliphatic imine (C=N–C) groups is 1. The summed E-state index contributed by atoms with van der Waals surface area (Å²) in [5.41, 5.74) is 7.13. The first-order chi connectivity index (χ1) is 14.2. The number of pyridine rings is 1. The number of aromatic nitrogens is 2. The highest BCUT2D eigenvalue weighted by Crippen LogP contribution is 2.21. The molecule has 0 aliphatic carbocycles. The lowest BCUT2D eigenvalue weighted by Gasteiger charge is -2.35. The SMILES string of the molecule is NC(=NCc1ccnc(Oc2ccc(F)cc2)c1)N1CCN(c2nccs2)CC1. The number of nitrogens with zero attached hydrogens (tertiary/aromatic N) is 5. The van der Waals surface area contributed by atoms with Gasteiger partial charge in [-0.3, -0.25) is 0 Å². The van der Waals surface area contributed by atoms with Crippen LogP contribution in [0.1, 0.15) is 5.56 Å². The maximum atomic E-state index is 13.0. The highest BCUT2D eigenvalue weighted by molar-refractivity contribution is 7.13. The molecule has 0 saturated carbocycles. The fraction of sp³-hybridized carbons (Fsp3) is 0.250. The van der Waals surface area contributed by atoms with E-state index in [0.717, 1.165) is 36.9 Å². The summed E-state index contributed by atoms with van der Waals surface area (Å²) in [6, 6.07) is 9.49. The zero-order valence-electron chi connectivity index (χ0n) is 15.7. The number of anilines is 1. The minimum atomic E-state index is -0.309. The minimum Gasteiger partial charge on any atom is -0.439 e. The van der Waals surface area contributed by atoms with Gasteiger partial charge in [0.25, 0.3) is 0 Å². The topological polar surface area (TPSA) is 79.9 Å². The average Bonchev–Trinajstić information content (AvgIpc) is 3.29. The molecular formula is C20H21FN6OS. The number of guanidine groups is 1. The maximum Gasteiger partial charge on any atom is 0.219 e. The number of nitrogens with two attached hydrogens (primary N) is 1. The minimum absolute atomic E-state index is 0.309. The van der Waals surface area contributed by atoms with E-state index >= 15 is 0 Å². The van der Waals surface area contributed by atoms with Gasteiger partial charge in [-0.2, -0.15) is 0 Å². The molecule has 2 aromatic heterocycles. The molecule has 0 atom stereocenters. The van der Waals surface area contributed by atoms with Gasteiger partial charge in [0.1, 0.15) is 11.6 Å². The van der Waals surface area contributed by atoms with Gasteiger partial charge in [0.15, 0.2) is 11.1 Å². The van der Waals surface area contributed by atoms with Crippen LogP contribution >= 0.6 is 11.3 Å². The number of ether oxygens (including phenoxy) is 1. The summed E-state index contributed by atoms with van der Waals surface area (Å²) in [5.74, 6) is 1.18. The smallest absolute Gasteiger partial charge is 0.219 e. The average molecular weight is 412 g/mol. The molecule has 9 heteroatoms. The molecule has 0 unspecified atom stereocenters. The van der Waals surface area contributed by atoms with Gasteiger partial charge in [0.2, 0.25) is 5.88 Å². The zero-order chi connectivity index (χ0) is 20.1. The van der Waals surface area contributed by atoms with E-state index in [2.05, 4.69) is 24.8 Å². The van der Waals surface area contributed by atoms with E-state index in [4.69, 9.17) is 10.5 Å². The normalized spacial score (nSPS) is 14.9. The summed E-state index contributed by atoms with van der Waals surface area (Å²) in [6.07, 6.45) is 3.48. The quantitative estimate of drug-likeness (QED) is 0.512. The lowest BCUT2D eigenvalue weighted by Crippen LogP contribution is -2.51. The van der Waals surface area contributed by atoms with Gasteiger partial charge in [0, 0.05) is 50.0 Å². The highest BCUT2D eigenvalue weighted by atomic mass is 32.1. The van der Waals surface area contributed by atoms with Crippen molar-refractivity contribution in [2.75, 3.05) is 31.1 Å². The third kappa shape index (κ3) is 5.00. The molecule has 150 valence electrons. The first-order valence-corrected chi connectivity index (χ1v) is 10.1. The molecule has 1 aliphatic rings. The van der Waals surface area contributed by atoms with Crippen molar-refractivity contribution in [1.29, 1.82) is 0 Å². The number of benzene rings is 1. The molecular weight excluding hydrogens is 391 g/mol. The number of hydrogen-bond donors (Lipinski definition) is 1. The third-order valence-corrected chi connectivity index (χ3v) is 5.38. The van der Waals surface area contributed by atoms with Crippen LogP contribution in [0.2, 0.25) is 0 Å². The largest absolute Gasteiger partial charge is 0.439 e. The molecule has 4 rings (SSSR count). The van der Waals surface area contributed by atoms with E-state index < -0.39 is 0 Å². The van der Waals surface area contributed by atoms with Crippen LogP contribution in [-0.4, -0.2) is 47.0 Å². The molecule has 0 radical (unpaired) electrons. The van der Waals surface area contributed by atoms with E-state index in [1.54, 1.807) is 35.7 Å². The van der Waals surface area contributed by atoms with Crippen molar-refractivity contribution < 1.29 is 9.13 Å². The Hall–Kier alpha value is -3.20. The molecule has 1 saturated heterocycles. The summed E-state index contributed by atoms with van der Waals surface area (Å²) in [4.78, 5) is 17.4. The van der Waals surface area contributed by atoms with Crippen LogP contribution in [0.4, 0.5) is 9.52 Å². The molecule has 2 N–H and O–H groups in total. The fourth-order valence-corrected chi connectivity index (χ4v) is 3.70. The Bertz CT molecular complexity index is 955. The second-order valence-electron chi connectivity index (χ2n) is 6.52. The monoisotopic (exact) mass is 412 g/mol. The Morgan fingerprint density at radius 1 is 1.10 bits per heavy atom. The molecule has 7 nitrogen and oxygen atoms in total. The van der Waals surface area contributed by atoms with Crippen molar-refractivity contribution >= 4 is 22.4 Å². The Labute approximate surface area is 172 Å². The van der Waals surface area contributed by atoms with E-state index in [1.807, 2.05) is 17.6 Å². The first kappa shape index (κ1) is 19.1. The van der Waals surface area contributed by atoms with Crippen molar-refractivity contribution in [1.82, 2.24) is 14.9 Å². The number of halogens is 1. The van der Waals surface area contributed by atoms with Gasteiger partial charge in [-0.15, -0.1) is 11.3 Å². The lowest BCUT2D eigenvalue weighted by atomic mass is 10.2. The summed E-state index contributed by atoms with van der Waals surface area (Å²) >= 11 is 1.65. The lowest BCUT2D eigenvalue weighted by molar-refractivity contribution is 0.380.